The molecule has 1 aromatic heterocycles. The summed E-state index contributed by atoms with van der Waals surface area (Å²) in [6.45, 7) is 1.00. The summed E-state index contributed by atoms with van der Waals surface area (Å²) in [5, 5.41) is 0.510. The second kappa shape index (κ2) is 6.49. The molecule has 0 unspecified atom stereocenters. The molecular formula is C16H18N2O6S. The summed E-state index contributed by atoms with van der Waals surface area (Å²) in [4.78, 5) is 26.2. The third-order valence-corrected chi connectivity index (χ3v) is 5.48. The Bertz CT molecular complexity index is 974. The number of sulfonamides is 1. The van der Waals surface area contributed by atoms with E-state index in [2.05, 4.69) is 0 Å². The van der Waals surface area contributed by atoms with Gasteiger partial charge in [-0.25, -0.2) is 13.2 Å². The molecule has 25 heavy (non-hydrogen) atoms. The number of amides is 1. The van der Waals surface area contributed by atoms with Gasteiger partial charge in [0, 0.05) is 43.7 Å². The van der Waals surface area contributed by atoms with Crippen molar-refractivity contribution in [2.45, 2.75) is 0 Å². The van der Waals surface area contributed by atoms with Crippen LogP contribution >= 0.6 is 0 Å². The fourth-order valence-corrected chi connectivity index (χ4v) is 3.67. The van der Waals surface area contributed by atoms with Crippen molar-refractivity contribution in [1.29, 1.82) is 0 Å². The molecule has 1 aliphatic rings. The molecule has 1 fully saturated rings. The van der Waals surface area contributed by atoms with E-state index in [1.807, 2.05) is 0 Å². The number of hydrogen-bond donors (Lipinski definition) is 0. The molecule has 8 nitrogen and oxygen atoms in total. The highest BCUT2D eigenvalue weighted by Gasteiger charge is 2.27. The van der Waals surface area contributed by atoms with E-state index in [1.54, 1.807) is 23.1 Å². The van der Waals surface area contributed by atoms with Gasteiger partial charge in [0.15, 0.2) is 0 Å². The average Bonchev–Trinajstić information content (AvgIpc) is 2.59. The van der Waals surface area contributed by atoms with Gasteiger partial charge in [-0.15, -0.1) is 0 Å². The molecular weight excluding hydrogens is 348 g/mol. The Morgan fingerprint density at radius 2 is 1.84 bits per heavy atom. The van der Waals surface area contributed by atoms with Gasteiger partial charge >= 0.3 is 5.63 Å². The molecule has 9 heteroatoms. The zero-order valence-electron chi connectivity index (χ0n) is 13.9. The lowest BCUT2D eigenvalue weighted by atomic mass is 10.1. The number of carbonyl (C=O) groups excluding carboxylic acids is 1. The molecule has 1 aliphatic heterocycles. The number of fused-ring (bicyclic) bond motifs is 1. The summed E-state index contributed by atoms with van der Waals surface area (Å²) in [5.41, 5.74) is -0.120. The van der Waals surface area contributed by atoms with E-state index in [9.17, 15) is 18.0 Å². The van der Waals surface area contributed by atoms with E-state index in [0.29, 0.717) is 11.1 Å². The van der Waals surface area contributed by atoms with Gasteiger partial charge in [0.25, 0.3) is 5.91 Å². The molecule has 0 atom stereocenters. The number of hydrogen-bond acceptors (Lipinski definition) is 6. The summed E-state index contributed by atoms with van der Waals surface area (Å²) >= 11 is 0. The molecule has 0 N–H and O–H groups in total. The van der Waals surface area contributed by atoms with Crippen LogP contribution < -0.4 is 10.4 Å². The molecule has 0 aliphatic carbocycles. The maximum Gasteiger partial charge on any atom is 0.337 e. The van der Waals surface area contributed by atoms with Crippen LogP contribution in [0.25, 0.3) is 11.0 Å². The number of carbonyl (C=O) groups is 1. The largest absolute Gasteiger partial charge is 0.497 e. The number of rotatable bonds is 3. The van der Waals surface area contributed by atoms with Crippen molar-refractivity contribution in [3.8, 4) is 5.75 Å². The van der Waals surface area contributed by atoms with Crippen LogP contribution in [0, 0.1) is 0 Å². The maximum atomic E-state index is 12.8. The van der Waals surface area contributed by atoms with E-state index in [-0.39, 0.29) is 43.2 Å². The van der Waals surface area contributed by atoms with Crippen LogP contribution in [0.15, 0.2) is 33.5 Å². The zero-order valence-corrected chi connectivity index (χ0v) is 14.7. The molecule has 0 bridgehead atoms. The number of nitrogens with zero attached hydrogens (tertiary/aromatic N) is 2. The SMILES string of the molecule is COc1ccc2c(C(=O)N3CCN(S(C)(=O)=O)CC3)cc(=O)oc2c1. The second-order valence-electron chi connectivity index (χ2n) is 5.80. The van der Waals surface area contributed by atoms with E-state index < -0.39 is 15.6 Å². The lowest BCUT2D eigenvalue weighted by Gasteiger charge is -2.33. The number of benzene rings is 1. The monoisotopic (exact) mass is 366 g/mol. The topological polar surface area (TPSA) is 97.1 Å². The Morgan fingerprint density at radius 1 is 1.16 bits per heavy atom. The smallest absolute Gasteiger partial charge is 0.337 e. The van der Waals surface area contributed by atoms with Crippen LogP contribution in [-0.2, 0) is 10.0 Å². The van der Waals surface area contributed by atoms with Crippen LogP contribution in [0.4, 0.5) is 0 Å². The molecule has 1 aromatic carbocycles. The van der Waals surface area contributed by atoms with Crippen molar-refractivity contribution in [3.63, 3.8) is 0 Å². The Hall–Kier alpha value is -2.39. The van der Waals surface area contributed by atoms with Crippen molar-refractivity contribution in [1.82, 2.24) is 9.21 Å². The van der Waals surface area contributed by atoms with E-state index >= 15 is 0 Å². The van der Waals surface area contributed by atoms with Crippen molar-refractivity contribution >= 4 is 26.9 Å². The van der Waals surface area contributed by atoms with E-state index in [1.165, 1.54) is 17.5 Å². The van der Waals surface area contributed by atoms with E-state index in [4.69, 9.17) is 9.15 Å². The first-order chi connectivity index (χ1) is 11.8. The van der Waals surface area contributed by atoms with E-state index in [0.717, 1.165) is 6.26 Å². The van der Waals surface area contributed by atoms with Crippen LogP contribution in [-0.4, -0.2) is 63.1 Å². The predicted octanol–water partition coefficient (Wildman–Crippen LogP) is 0.519. The Balaban J connectivity index is 1.92. The van der Waals surface area contributed by atoms with Crippen molar-refractivity contribution in [3.05, 3.63) is 40.2 Å². The van der Waals surface area contributed by atoms with Crippen LogP contribution in [0.3, 0.4) is 0 Å². The fourth-order valence-electron chi connectivity index (χ4n) is 2.84. The van der Waals surface area contributed by atoms with Gasteiger partial charge in [-0.1, -0.05) is 0 Å². The first kappa shape index (κ1) is 17.4. The van der Waals surface area contributed by atoms with Crippen molar-refractivity contribution in [2.75, 3.05) is 39.5 Å². The lowest BCUT2D eigenvalue weighted by molar-refractivity contribution is 0.0699. The minimum absolute atomic E-state index is 0.234. The first-order valence-electron chi connectivity index (χ1n) is 7.66. The van der Waals surface area contributed by atoms with Gasteiger partial charge in [0.05, 0.1) is 18.9 Å². The highest BCUT2D eigenvalue weighted by molar-refractivity contribution is 7.88. The normalized spacial score (nSPS) is 16.2. The highest BCUT2D eigenvalue weighted by atomic mass is 32.2. The van der Waals surface area contributed by atoms with Crippen LogP contribution in [0.5, 0.6) is 5.75 Å². The van der Waals surface area contributed by atoms with Gasteiger partial charge in [0.1, 0.15) is 11.3 Å². The summed E-state index contributed by atoms with van der Waals surface area (Å²) in [6, 6.07) is 6.06. The van der Waals surface area contributed by atoms with Crippen molar-refractivity contribution in [2.24, 2.45) is 0 Å². The van der Waals surface area contributed by atoms with Gasteiger partial charge in [0.2, 0.25) is 10.0 Å². The van der Waals surface area contributed by atoms with Gasteiger partial charge in [-0.2, -0.15) is 4.31 Å². The molecule has 0 saturated carbocycles. The number of methoxy groups -OCH3 is 1. The second-order valence-corrected chi connectivity index (χ2v) is 7.78. The third-order valence-electron chi connectivity index (χ3n) is 4.18. The summed E-state index contributed by atoms with van der Waals surface area (Å²) in [7, 11) is -1.78. The quantitative estimate of drug-likeness (QED) is 0.735. The Labute approximate surface area is 144 Å². The van der Waals surface area contributed by atoms with Crippen LogP contribution in [0.1, 0.15) is 10.4 Å². The lowest BCUT2D eigenvalue weighted by Crippen LogP contribution is -2.50. The minimum atomic E-state index is -3.27. The van der Waals surface area contributed by atoms with Crippen LogP contribution in [0.2, 0.25) is 0 Å². The highest BCUT2D eigenvalue weighted by Crippen LogP contribution is 2.24. The standard InChI is InChI=1S/C16H18N2O6S/c1-23-11-3-4-12-13(10-15(19)24-14(12)9-11)16(20)17-5-7-18(8-6-17)25(2,21)22/h3-4,9-10H,5-8H2,1-2H3. The van der Waals surface area contributed by atoms with Crippen molar-refractivity contribution < 1.29 is 22.4 Å². The molecule has 134 valence electrons. The maximum absolute atomic E-state index is 12.8. The molecule has 1 amide bonds. The summed E-state index contributed by atoms with van der Waals surface area (Å²) < 4.78 is 34.7. The average molecular weight is 366 g/mol. The molecule has 1 saturated heterocycles. The van der Waals surface area contributed by atoms with Gasteiger partial charge in [-0.3, -0.25) is 4.79 Å². The van der Waals surface area contributed by atoms with Gasteiger partial charge in [-0.05, 0) is 12.1 Å². The molecule has 3 rings (SSSR count). The summed E-state index contributed by atoms with van der Waals surface area (Å²) in [6.07, 6.45) is 1.15. The molecule has 0 radical (unpaired) electrons. The first-order valence-corrected chi connectivity index (χ1v) is 9.51. The number of ether oxygens (including phenoxy) is 1. The predicted molar refractivity (Wildman–Crippen MR) is 91.4 cm³/mol. The number of piperazine rings is 1. The molecule has 2 aromatic rings. The fraction of sp³-hybridized carbons (Fsp3) is 0.375. The Morgan fingerprint density at radius 3 is 2.44 bits per heavy atom. The summed E-state index contributed by atoms with van der Waals surface area (Å²) in [5.74, 6) is 0.193. The zero-order chi connectivity index (χ0) is 18.2. The minimum Gasteiger partial charge on any atom is -0.497 e. The van der Waals surface area contributed by atoms with Gasteiger partial charge < -0.3 is 14.1 Å². The molecule has 0 spiro atoms. The molecule has 2 heterocycles. The Kier molecular flexibility index (Phi) is 4.53. The third kappa shape index (κ3) is 3.52.